The molecular formula is C22H22N4O3. The number of hydrogen-bond acceptors (Lipinski definition) is 4. The van der Waals surface area contributed by atoms with Gasteiger partial charge >= 0.3 is 0 Å². The zero-order valence-corrected chi connectivity index (χ0v) is 16.0. The molecule has 0 spiro atoms. The summed E-state index contributed by atoms with van der Waals surface area (Å²) >= 11 is 0. The van der Waals surface area contributed by atoms with Crippen LogP contribution >= 0.6 is 0 Å². The number of amides is 2. The van der Waals surface area contributed by atoms with E-state index in [1.807, 2.05) is 11.0 Å². The predicted molar refractivity (Wildman–Crippen MR) is 111 cm³/mol. The van der Waals surface area contributed by atoms with Gasteiger partial charge in [0.1, 0.15) is 0 Å². The van der Waals surface area contributed by atoms with Crippen LogP contribution in [0.3, 0.4) is 0 Å². The van der Waals surface area contributed by atoms with Gasteiger partial charge in [-0.2, -0.15) is 0 Å². The first-order chi connectivity index (χ1) is 14.1. The minimum atomic E-state index is -0.205. The molecule has 1 aliphatic rings. The molecule has 0 aliphatic carbocycles. The summed E-state index contributed by atoms with van der Waals surface area (Å²) in [6, 6.07) is 14.0. The van der Waals surface area contributed by atoms with Crippen LogP contribution in [0.2, 0.25) is 0 Å². The fourth-order valence-corrected chi connectivity index (χ4v) is 3.51. The van der Waals surface area contributed by atoms with Gasteiger partial charge in [0, 0.05) is 37.3 Å². The fraction of sp³-hybridized carbons (Fsp3) is 0.273. The molecule has 1 N–H and O–H groups in total. The Morgan fingerprint density at radius 3 is 2.48 bits per heavy atom. The van der Waals surface area contributed by atoms with E-state index in [9.17, 15) is 14.4 Å². The number of hydrogen-bond donors (Lipinski definition) is 1. The lowest BCUT2D eigenvalue weighted by Gasteiger charge is -2.15. The summed E-state index contributed by atoms with van der Waals surface area (Å²) in [4.78, 5) is 43.2. The van der Waals surface area contributed by atoms with Crippen LogP contribution in [0, 0.1) is 0 Å². The minimum absolute atomic E-state index is 0.0311. The highest BCUT2D eigenvalue weighted by molar-refractivity contribution is 5.96. The topological polar surface area (TPSA) is 84.3 Å². The first-order valence-corrected chi connectivity index (χ1v) is 9.75. The maximum absolute atomic E-state index is 12.5. The summed E-state index contributed by atoms with van der Waals surface area (Å²) in [6.07, 6.45) is 3.72. The van der Waals surface area contributed by atoms with Crippen LogP contribution in [-0.4, -0.2) is 39.4 Å². The SMILES string of the molecule is O=C(CCn1cnc2ccccc2c1=O)Nc1ccc(C(=O)N2CCCC2)cc1. The van der Waals surface area contributed by atoms with Crippen molar-refractivity contribution in [1.82, 2.24) is 14.5 Å². The van der Waals surface area contributed by atoms with Gasteiger partial charge in [0.2, 0.25) is 5.91 Å². The van der Waals surface area contributed by atoms with Gasteiger partial charge < -0.3 is 10.2 Å². The number of carbonyl (C=O) groups is 2. The number of fused-ring (bicyclic) bond motifs is 1. The first kappa shape index (κ1) is 18.9. The van der Waals surface area contributed by atoms with Crippen molar-refractivity contribution in [3.63, 3.8) is 0 Å². The van der Waals surface area contributed by atoms with E-state index in [-0.39, 0.29) is 30.3 Å². The first-order valence-electron chi connectivity index (χ1n) is 9.75. The number of nitrogens with one attached hydrogen (secondary N) is 1. The van der Waals surface area contributed by atoms with Gasteiger partial charge in [-0.15, -0.1) is 0 Å². The average Bonchev–Trinajstić information content (AvgIpc) is 3.28. The number of aromatic nitrogens is 2. The van der Waals surface area contributed by atoms with Crippen molar-refractivity contribution in [2.75, 3.05) is 18.4 Å². The Kier molecular flexibility index (Phi) is 5.37. The lowest BCUT2D eigenvalue weighted by atomic mass is 10.2. The smallest absolute Gasteiger partial charge is 0.261 e. The number of nitrogens with zero attached hydrogens (tertiary/aromatic N) is 3. The molecule has 0 radical (unpaired) electrons. The van der Waals surface area contributed by atoms with Crippen LogP contribution in [-0.2, 0) is 11.3 Å². The Balaban J connectivity index is 1.36. The van der Waals surface area contributed by atoms with E-state index in [0.29, 0.717) is 22.2 Å². The normalized spacial score (nSPS) is 13.6. The molecule has 0 saturated carbocycles. The zero-order valence-electron chi connectivity index (χ0n) is 16.0. The van der Waals surface area contributed by atoms with Gasteiger partial charge in [0.05, 0.1) is 17.2 Å². The van der Waals surface area contributed by atoms with Crippen LogP contribution < -0.4 is 10.9 Å². The molecule has 0 atom stereocenters. The minimum Gasteiger partial charge on any atom is -0.339 e. The Labute approximate surface area is 168 Å². The number of anilines is 1. The van der Waals surface area contributed by atoms with E-state index in [1.54, 1.807) is 42.5 Å². The Hall–Kier alpha value is -3.48. The number of rotatable bonds is 5. The van der Waals surface area contributed by atoms with Gasteiger partial charge in [-0.1, -0.05) is 12.1 Å². The summed E-state index contributed by atoms with van der Waals surface area (Å²) in [5, 5.41) is 3.34. The average molecular weight is 390 g/mol. The summed E-state index contributed by atoms with van der Waals surface area (Å²) in [7, 11) is 0. The van der Waals surface area contributed by atoms with Crippen molar-refractivity contribution in [1.29, 1.82) is 0 Å². The number of aryl methyl sites for hydroxylation is 1. The molecule has 1 saturated heterocycles. The lowest BCUT2D eigenvalue weighted by Crippen LogP contribution is -2.27. The van der Waals surface area contributed by atoms with Crippen molar-refractivity contribution in [3.05, 3.63) is 70.8 Å². The molecule has 0 bridgehead atoms. The maximum Gasteiger partial charge on any atom is 0.261 e. The molecule has 3 aromatic rings. The second-order valence-electron chi connectivity index (χ2n) is 7.14. The van der Waals surface area contributed by atoms with Gasteiger partial charge in [0.15, 0.2) is 0 Å². The van der Waals surface area contributed by atoms with Crippen molar-refractivity contribution in [2.45, 2.75) is 25.8 Å². The number of para-hydroxylation sites is 1. The van der Waals surface area contributed by atoms with Crippen molar-refractivity contribution in [2.24, 2.45) is 0 Å². The highest BCUT2D eigenvalue weighted by Gasteiger charge is 2.19. The Bertz CT molecular complexity index is 1100. The number of likely N-dealkylation sites (tertiary alicyclic amines) is 1. The summed E-state index contributed by atoms with van der Waals surface area (Å²) in [5.74, 6) is -0.174. The highest BCUT2D eigenvalue weighted by atomic mass is 16.2. The largest absolute Gasteiger partial charge is 0.339 e. The molecule has 1 aliphatic heterocycles. The lowest BCUT2D eigenvalue weighted by molar-refractivity contribution is -0.116. The molecule has 0 unspecified atom stereocenters. The second-order valence-corrected chi connectivity index (χ2v) is 7.14. The Morgan fingerprint density at radius 1 is 1.00 bits per heavy atom. The molecule has 7 nitrogen and oxygen atoms in total. The van der Waals surface area contributed by atoms with Gasteiger partial charge in [0.25, 0.3) is 11.5 Å². The predicted octanol–water partition coefficient (Wildman–Crippen LogP) is 2.66. The molecular weight excluding hydrogens is 368 g/mol. The quantitative estimate of drug-likeness (QED) is 0.726. The van der Waals surface area contributed by atoms with Crippen molar-refractivity contribution in [3.8, 4) is 0 Å². The molecule has 7 heteroatoms. The molecule has 1 aromatic heterocycles. The molecule has 2 heterocycles. The summed E-state index contributed by atoms with van der Waals surface area (Å²) < 4.78 is 1.44. The molecule has 148 valence electrons. The van der Waals surface area contributed by atoms with E-state index in [4.69, 9.17) is 0 Å². The van der Waals surface area contributed by atoms with Crippen molar-refractivity contribution >= 4 is 28.4 Å². The molecule has 29 heavy (non-hydrogen) atoms. The van der Waals surface area contributed by atoms with E-state index in [1.165, 1.54) is 10.9 Å². The van der Waals surface area contributed by atoms with Gasteiger partial charge in [-0.3, -0.25) is 19.0 Å². The summed E-state index contributed by atoms with van der Waals surface area (Å²) in [5.41, 5.74) is 1.73. The van der Waals surface area contributed by atoms with Crippen LogP contribution in [0.25, 0.3) is 10.9 Å². The fourth-order valence-electron chi connectivity index (χ4n) is 3.51. The van der Waals surface area contributed by atoms with E-state index >= 15 is 0 Å². The summed E-state index contributed by atoms with van der Waals surface area (Å²) in [6.45, 7) is 1.86. The third-order valence-electron chi connectivity index (χ3n) is 5.12. The third-order valence-corrected chi connectivity index (χ3v) is 5.12. The molecule has 1 fully saturated rings. The van der Waals surface area contributed by atoms with Crippen LogP contribution in [0.1, 0.15) is 29.6 Å². The highest BCUT2D eigenvalue weighted by Crippen LogP contribution is 2.15. The van der Waals surface area contributed by atoms with Crippen molar-refractivity contribution < 1.29 is 9.59 Å². The monoisotopic (exact) mass is 390 g/mol. The van der Waals surface area contributed by atoms with E-state index < -0.39 is 0 Å². The second kappa shape index (κ2) is 8.26. The standard InChI is InChI=1S/C22H22N4O3/c27-20(11-14-26-15-23-19-6-2-1-5-18(19)22(26)29)24-17-9-7-16(8-10-17)21(28)25-12-3-4-13-25/h1-2,5-10,15H,3-4,11-14H2,(H,24,27). The van der Waals surface area contributed by atoms with E-state index in [0.717, 1.165) is 25.9 Å². The van der Waals surface area contributed by atoms with Gasteiger partial charge in [-0.25, -0.2) is 4.98 Å². The van der Waals surface area contributed by atoms with Crippen LogP contribution in [0.15, 0.2) is 59.7 Å². The Morgan fingerprint density at radius 2 is 1.72 bits per heavy atom. The van der Waals surface area contributed by atoms with Crippen LogP contribution in [0.4, 0.5) is 5.69 Å². The molecule has 2 amide bonds. The maximum atomic E-state index is 12.5. The molecule has 2 aromatic carbocycles. The number of carbonyl (C=O) groups excluding carboxylic acids is 2. The van der Waals surface area contributed by atoms with Crippen LogP contribution in [0.5, 0.6) is 0 Å². The third kappa shape index (κ3) is 4.18. The van der Waals surface area contributed by atoms with Gasteiger partial charge in [-0.05, 0) is 49.2 Å². The van der Waals surface area contributed by atoms with E-state index in [2.05, 4.69) is 10.3 Å². The molecule has 4 rings (SSSR count). The number of benzene rings is 2. The zero-order chi connectivity index (χ0) is 20.2.